The Morgan fingerprint density at radius 2 is 2.24 bits per heavy atom. The summed E-state index contributed by atoms with van der Waals surface area (Å²) in [6, 6.07) is 3.30. The summed E-state index contributed by atoms with van der Waals surface area (Å²) in [6.07, 6.45) is 3.64. The van der Waals surface area contributed by atoms with Gasteiger partial charge in [0.1, 0.15) is 6.10 Å². The van der Waals surface area contributed by atoms with E-state index in [2.05, 4.69) is 18.8 Å². The highest BCUT2D eigenvalue weighted by atomic mass is 16.3. The maximum atomic E-state index is 10.1. The van der Waals surface area contributed by atoms with Crippen LogP contribution in [0.3, 0.4) is 0 Å². The van der Waals surface area contributed by atoms with Gasteiger partial charge in [-0.05, 0) is 24.5 Å². The summed E-state index contributed by atoms with van der Waals surface area (Å²) in [5.74, 6) is 0.529. The highest BCUT2D eigenvalue weighted by molar-refractivity contribution is 5.74. The van der Waals surface area contributed by atoms with Crippen LogP contribution in [0.4, 0.5) is 0 Å². The molecule has 1 aromatic rings. The van der Waals surface area contributed by atoms with Crippen LogP contribution < -0.4 is 5.73 Å². The van der Waals surface area contributed by atoms with E-state index in [1.54, 1.807) is 12.1 Å². The molecule has 1 rings (SSSR count). The van der Waals surface area contributed by atoms with Gasteiger partial charge >= 0.3 is 0 Å². The molecule has 0 aromatic carbocycles. The molecule has 1 aromatic heterocycles. The average Bonchev–Trinajstić information content (AvgIpc) is 2.76. The van der Waals surface area contributed by atoms with Gasteiger partial charge in [-0.3, -0.25) is 0 Å². The highest BCUT2D eigenvalue weighted by Gasteiger charge is 2.20. The van der Waals surface area contributed by atoms with E-state index < -0.39 is 6.10 Å². The SMILES string of the molecule is CCCC(C)C[C@H](N)C(O)c1ccc(C=N)[nH]1. The van der Waals surface area contributed by atoms with Crippen LogP contribution in [0.2, 0.25) is 0 Å². The smallest absolute Gasteiger partial charge is 0.109 e. The Hall–Kier alpha value is -1.13. The minimum absolute atomic E-state index is 0.256. The van der Waals surface area contributed by atoms with E-state index in [1.807, 2.05) is 0 Å². The molecule has 3 atom stereocenters. The van der Waals surface area contributed by atoms with Gasteiger partial charge in [-0.2, -0.15) is 0 Å². The summed E-state index contributed by atoms with van der Waals surface area (Å²) < 4.78 is 0. The van der Waals surface area contributed by atoms with Crippen LogP contribution in [0, 0.1) is 11.3 Å². The van der Waals surface area contributed by atoms with Crippen LogP contribution in [0.1, 0.15) is 50.6 Å². The molecular weight excluding hydrogens is 214 g/mol. The predicted molar refractivity (Wildman–Crippen MR) is 70.3 cm³/mol. The van der Waals surface area contributed by atoms with Crippen molar-refractivity contribution in [2.24, 2.45) is 11.7 Å². The number of aromatic amines is 1. The van der Waals surface area contributed by atoms with Gasteiger partial charge in [0.2, 0.25) is 0 Å². The van der Waals surface area contributed by atoms with Crippen molar-refractivity contribution in [2.45, 2.75) is 45.3 Å². The third kappa shape index (κ3) is 3.98. The van der Waals surface area contributed by atoms with Crippen LogP contribution in [0.5, 0.6) is 0 Å². The van der Waals surface area contributed by atoms with Crippen LogP contribution in [-0.4, -0.2) is 22.3 Å². The maximum absolute atomic E-state index is 10.1. The first-order valence-electron chi connectivity index (χ1n) is 6.21. The Labute approximate surface area is 103 Å². The van der Waals surface area contributed by atoms with Crippen molar-refractivity contribution in [3.63, 3.8) is 0 Å². The third-order valence-electron chi connectivity index (χ3n) is 3.07. The van der Waals surface area contributed by atoms with E-state index in [9.17, 15) is 5.11 Å². The Bertz CT molecular complexity index is 348. The summed E-state index contributed by atoms with van der Waals surface area (Å²) in [5.41, 5.74) is 7.39. The second kappa shape index (κ2) is 6.57. The number of nitrogens with two attached hydrogens (primary N) is 1. The lowest BCUT2D eigenvalue weighted by molar-refractivity contribution is 0.130. The second-order valence-corrected chi connectivity index (χ2v) is 4.75. The van der Waals surface area contributed by atoms with Gasteiger partial charge in [-0.15, -0.1) is 0 Å². The van der Waals surface area contributed by atoms with Crippen molar-refractivity contribution in [2.75, 3.05) is 0 Å². The lowest BCUT2D eigenvalue weighted by Gasteiger charge is -2.21. The summed E-state index contributed by atoms with van der Waals surface area (Å²) in [7, 11) is 0. The molecule has 0 aliphatic carbocycles. The molecule has 0 bridgehead atoms. The van der Waals surface area contributed by atoms with Crippen LogP contribution in [-0.2, 0) is 0 Å². The Morgan fingerprint density at radius 1 is 1.53 bits per heavy atom. The molecule has 4 nitrogen and oxygen atoms in total. The zero-order chi connectivity index (χ0) is 12.8. The van der Waals surface area contributed by atoms with Crippen LogP contribution in [0.15, 0.2) is 12.1 Å². The minimum atomic E-state index is -0.678. The van der Waals surface area contributed by atoms with Crippen molar-refractivity contribution in [3.05, 3.63) is 23.5 Å². The van der Waals surface area contributed by atoms with Crippen LogP contribution in [0.25, 0.3) is 0 Å². The van der Waals surface area contributed by atoms with Gasteiger partial charge in [-0.1, -0.05) is 26.7 Å². The Balaban J connectivity index is 2.56. The monoisotopic (exact) mass is 237 g/mol. The van der Waals surface area contributed by atoms with Crippen molar-refractivity contribution in [1.82, 2.24) is 4.98 Å². The van der Waals surface area contributed by atoms with E-state index in [0.717, 1.165) is 19.3 Å². The number of hydrogen-bond donors (Lipinski definition) is 4. The highest BCUT2D eigenvalue weighted by Crippen LogP contribution is 2.21. The fourth-order valence-electron chi connectivity index (χ4n) is 2.12. The topological polar surface area (TPSA) is 85.9 Å². The predicted octanol–water partition coefficient (Wildman–Crippen LogP) is 2.20. The van der Waals surface area contributed by atoms with Gasteiger partial charge in [-0.25, -0.2) is 0 Å². The quantitative estimate of drug-likeness (QED) is 0.548. The summed E-state index contributed by atoms with van der Waals surface area (Å²) in [4.78, 5) is 2.98. The molecule has 2 unspecified atom stereocenters. The van der Waals surface area contributed by atoms with Gasteiger partial charge in [0.25, 0.3) is 0 Å². The fourth-order valence-corrected chi connectivity index (χ4v) is 2.12. The van der Waals surface area contributed by atoms with E-state index in [4.69, 9.17) is 11.1 Å². The lowest BCUT2D eigenvalue weighted by atomic mass is 9.94. The van der Waals surface area contributed by atoms with Gasteiger partial charge in [0.05, 0.1) is 5.69 Å². The molecule has 4 heteroatoms. The minimum Gasteiger partial charge on any atom is -0.385 e. The number of rotatable bonds is 7. The van der Waals surface area contributed by atoms with E-state index in [-0.39, 0.29) is 6.04 Å². The molecule has 0 saturated carbocycles. The number of aromatic nitrogens is 1. The summed E-state index contributed by atoms with van der Waals surface area (Å²) >= 11 is 0. The number of hydrogen-bond acceptors (Lipinski definition) is 3. The van der Waals surface area contributed by atoms with Gasteiger partial charge in [0, 0.05) is 18.0 Å². The maximum Gasteiger partial charge on any atom is 0.109 e. The number of H-pyrrole nitrogens is 1. The lowest BCUT2D eigenvalue weighted by Crippen LogP contribution is -2.30. The molecular formula is C13H23N3O. The average molecular weight is 237 g/mol. The molecule has 0 saturated heterocycles. The third-order valence-corrected chi connectivity index (χ3v) is 3.07. The van der Waals surface area contributed by atoms with E-state index in [0.29, 0.717) is 17.3 Å². The van der Waals surface area contributed by atoms with E-state index >= 15 is 0 Å². The molecule has 0 spiro atoms. The molecule has 0 aliphatic heterocycles. The van der Waals surface area contributed by atoms with Crippen molar-refractivity contribution in [1.29, 1.82) is 5.41 Å². The second-order valence-electron chi connectivity index (χ2n) is 4.75. The molecule has 0 fully saturated rings. The Morgan fingerprint density at radius 3 is 2.76 bits per heavy atom. The van der Waals surface area contributed by atoms with E-state index in [1.165, 1.54) is 6.21 Å². The first kappa shape index (κ1) is 13.9. The zero-order valence-corrected chi connectivity index (χ0v) is 10.6. The van der Waals surface area contributed by atoms with Crippen molar-refractivity contribution < 1.29 is 5.11 Å². The normalized spacial score (nSPS) is 16.5. The number of aliphatic hydroxyl groups is 1. The molecule has 17 heavy (non-hydrogen) atoms. The largest absolute Gasteiger partial charge is 0.385 e. The first-order chi connectivity index (χ1) is 8.08. The van der Waals surface area contributed by atoms with Crippen molar-refractivity contribution in [3.8, 4) is 0 Å². The zero-order valence-electron chi connectivity index (χ0n) is 10.6. The fraction of sp³-hybridized carbons (Fsp3) is 0.615. The molecule has 5 N–H and O–H groups in total. The molecule has 1 heterocycles. The molecule has 96 valence electrons. The first-order valence-corrected chi connectivity index (χ1v) is 6.21. The molecule has 0 amide bonds. The van der Waals surface area contributed by atoms with Crippen molar-refractivity contribution >= 4 is 6.21 Å². The number of aliphatic hydroxyl groups excluding tert-OH is 1. The van der Waals surface area contributed by atoms with Gasteiger partial charge in [0.15, 0.2) is 0 Å². The molecule has 0 aliphatic rings. The summed E-state index contributed by atoms with van der Waals surface area (Å²) in [6.45, 7) is 4.31. The van der Waals surface area contributed by atoms with Gasteiger partial charge < -0.3 is 21.2 Å². The summed E-state index contributed by atoms with van der Waals surface area (Å²) in [5, 5.41) is 17.2. The standard InChI is InChI=1S/C13H23N3O/c1-3-4-9(2)7-11(15)13(17)12-6-5-10(8-14)16-12/h5-6,8-9,11,13-14,16-17H,3-4,7,15H2,1-2H3/t9?,11-,13?/m0/s1. The molecule has 0 radical (unpaired) electrons. The van der Waals surface area contributed by atoms with Crippen LogP contribution >= 0.6 is 0 Å². The number of nitrogens with one attached hydrogen (secondary N) is 2. The Kier molecular flexibility index (Phi) is 5.38.